The van der Waals surface area contributed by atoms with Gasteiger partial charge in [0.2, 0.25) is 0 Å². The molecule has 2 unspecified atom stereocenters. The van der Waals surface area contributed by atoms with Crippen molar-refractivity contribution in [1.82, 2.24) is 0 Å². The zero-order chi connectivity index (χ0) is 27.1. The second-order valence-corrected chi connectivity index (χ2v) is 10.8. The summed E-state index contributed by atoms with van der Waals surface area (Å²) in [5.74, 6) is 1.20. The largest absolute Gasteiger partial charge is 0.456 e. The molecule has 2 atom stereocenters. The van der Waals surface area contributed by atoms with Crippen molar-refractivity contribution >= 4 is 22.3 Å². The van der Waals surface area contributed by atoms with Crippen LogP contribution >= 0.6 is 0 Å². The smallest absolute Gasteiger partial charge is 0.137 e. The van der Waals surface area contributed by atoms with Gasteiger partial charge in [0.1, 0.15) is 11.3 Å². The average Bonchev–Trinajstić information content (AvgIpc) is 2.92. The first-order chi connectivity index (χ1) is 18.9. The molecule has 3 nitrogen and oxygen atoms in total. The Morgan fingerprint density at radius 1 is 0.769 bits per heavy atom. The summed E-state index contributed by atoms with van der Waals surface area (Å²) in [4.78, 5) is 5.13. The number of benzene rings is 4. The van der Waals surface area contributed by atoms with Crippen LogP contribution in [-0.4, -0.2) is 6.04 Å². The number of para-hydroxylation sites is 1. The van der Waals surface area contributed by atoms with Crippen molar-refractivity contribution in [2.45, 2.75) is 40.7 Å². The summed E-state index contributed by atoms with van der Waals surface area (Å²) in [7, 11) is 0. The zero-order valence-corrected chi connectivity index (χ0v) is 23.2. The number of hydrogen-bond donors (Lipinski definition) is 1. The molecule has 3 heteroatoms. The van der Waals surface area contributed by atoms with Crippen LogP contribution in [0.2, 0.25) is 0 Å². The predicted molar refractivity (Wildman–Crippen MR) is 164 cm³/mol. The Hall–Kier alpha value is -4.37. The molecule has 0 saturated heterocycles. The molecule has 2 aliphatic carbocycles. The molecule has 0 spiro atoms. The van der Waals surface area contributed by atoms with Crippen molar-refractivity contribution in [2.24, 2.45) is 10.9 Å². The van der Waals surface area contributed by atoms with Gasteiger partial charge in [-0.05, 0) is 79.8 Å². The molecule has 3 aliphatic rings. The van der Waals surface area contributed by atoms with Gasteiger partial charge in [0, 0.05) is 45.9 Å². The van der Waals surface area contributed by atoms with E-state index >= 15 is 0 Å². The number of nitrogens with one attached hydrogen (secondary N) is 1. The molecule has 3 aromatic carbocycles. The van der Waals surface area contributed by atoms with Crippen LogP contribution in [0.25, 0.3) is 33.4 Å². The molecular formula is C36H34N2O. The Kier molecular flexibility index (Phi) is 6.44. The van der Waals surface area contributed by atoms with Crippen LogP contribution in [0.1, 0.15) is 30.5 Å². The summed E-state index contributed by atoms with van der Waals surface area (Å²) in [5.41, 5.74) is 11.4. The molecule has 0 aromatic heterocycles. The molecule has 0 amide bonds. The number of allylic oxidation sites excluding steroid dienone is 2. The maximum absolute atomic E-state index is 6.64. The van der Waals surface area contributed by atoms with Gasteiger partial charge in [0.05, 0.1) is 11.4 Å². The summed E-state index contributed by atoms with van der Waals surface area (Å²) in [5, 5.41) is 5.67. The molecule has 0 saturated carbocycles. The molecule has 3 aromatic rings. The van der Waals surface area contributed by atoms with Crippen LogP contribution in [0.15, 0.2) is 112 Å². The fraction of sp³-hybridized carbons (Fsp3) is 0.194. The van der Waals surface area contributed by atoms with E-state index in [1.54, 1.807) is 0 Å². The molecule has 194 valence electrons. The van der Waals surface area contributed by atoms with Gasteiger partial charge < -0.3 is 9.73 Å². The SMILES string of the molecule is CC1=CC=CC(C)C1/N=c1\ccc2c(-c3ccccc3C)c3ccc(Nc4c(C)cccc4C)cc3oc-2c1. The van der Waals surface area contributed by atoms with Gasteiger partial charge in [-0.25, -0.2) is 0 Å². The lowest BCUT2D eigenvalue weighted by Crippen LogP contribution is -2.21. The van der Waals surface area contributed by atoms with Gasteiger partial charge in [-0.3, -0.25) is 4.99 Å². The summed E-state index contributed by atoms with van der Waals surface area (Å²) < 4.78 is 6.64. The second-order valence-electron chi connectivity index (χ2n) is 10.8. The maximum Gasteiger partial charge on any atom is 0.137 e. The number of fused-ring (bicyclic) bond motifs is 2. The number of aryl methyl sites for hydroxylation is 3. The van der Waals surface area contributed by atoms with Gasteiger partial charge in [-0.2, -0.15) is 0 Å². The minimum Gasteiger partial charge on any atom is -0.456 e. The first-order valence-corrected chi connectivity index (χ1v) is 13.7. The van der Waals surface area contributed by atoms with E-state index in [1.165, 1.54) is 33.4 Å². The van der Waals surface area contributed by atoms with E-state index in [2.05, 4.69) is 137 Å². The van der Waals surface area contributed by atoms with Crippen molar-refractivity contribution in [2.75, 3.05) is 5.32 Å². The monoisotopic (exact) mass is 510 g/mol. The van der Waals surface area contributed by atoms with Gasteiger partial charge in [0.15, 0.2) is 0 Å². The fourth-order valence-corrected chi connectivity index (χ4v) is 5.72. The molecule has 6 rings (SSSR count). The summed E-state index contributed by atoms with van der Waals surface area (Å²) in [6, 6.07) is 27.9. The molecule has 0 fully saturated rings. The van der Waals surface area contributed by atoms with E-state index < -0.39 is 0 Å². The number of hydrogen-bond acceptors (Lipinski definition) is 3. The Balaban J connectivity index is 1.56. The molecule has 1 aliphatic heterocycles. The molecular weight excluding hydrogens is 476 g/mol. The summed E-state index contributed by atoms with van der Waals surface area (Å²) in [6.07, 6.45) is 6.52. The lowest BCUT2D eigenvalue weighted by Gasteiger charge is -2.21. The predicted octanol–water partition coefficient (Wildman–Crippen LogP) is 9.29. The second kappa shape index (κ2) is 10.1. The number of anilines is 2. The van der Waals surface area contributed by atoms with Gasteiger partial charge in [-0.15, -0.1) is 0 Å². The number of rotatable bonds is 4. The quantitative estimate of drug-likeness (QED) is 0.245. The van der Waals surface area contributed by atoms with E-state index in [0.717, 1.165) is 39.0 Å². The Morgan fingerprint density at radius 2 is 1.54 bits per heavy atom. The molecule has 1 N–H and O–H groups in total. The van der Waals surface area contributed by atoms with E-state index in [4.69, 9.17) is 9.41 Å². The third-order valence-electron chi connectivity index (χ3n) is 7.90. The lowest BCUT2D eigenvalue weighted by atomic mass is 9.90. The third kappa shape index (κ3) is 4.70. The highest BCUT2D eigenvalue weighted by Gasteiger charge is 2.20. The number of nitrogens with zero attached hydrogens (tertiary/aromatic N) is 1. The van der Waals surface area contributed by atoms with Crippen molar-refractivity contribution in [3.05, 3.63) is 125 Å². The Bertz CT molecular complexity index is 1780. The van der Waals surface area contributed by atoms with E-state index in [9.17, 15) is 0 Å². The van der Waals surface area contributed by atoms with Crippen molar-refractivity contribution < 1.29 is 4.42 Å². The van der Waals surface area contributed by atoms with Crippen molar-refractivity contribution in [3.8, 4) is 22.5 Å². The van der Waals surface area contributed by atoms with Crippen LogP contribution in [0.3, 0.4) is 0 Å². The maximum atomic E-state index is 6.64. The van der Waals surface area contributed by atoms with Crippen LogP contribution in [0.4, 0.5) is 11.4 Å². The highest BCUT2D eigenvalue weighted by Crippen LogP contribution is 2.42. The van der Waals surface area contributed by atoms with Crippen molar-refractivity contribution in [3.63, 3.8) is 0 Å². The standard InChI is InChI=1S/C36H34N2O/c1-22-10-6-7-15-29(22)34-30-18-16-27(37-35-23(2)11-8-12-24(35)3)20-32(30)39-33-21-28(17-19-31(33)34)38-36-25(4)13-9-14-26(36)5/h6-21,23,35,38H,1-5H3/b37-27+. The molecule has 1 heterocycles. The average molecular weight is 511 g/mol. The topological polar surface area (TPSA) is 37.5 Å². The normalized spacial score (nSPS) is 17.6. The highest BCUT2D eigenvalue weighted by atomic mass is 16.3. The Labute approximate surface area is 230 Å². The van der Waals surface area contributed by atoms with E-state index in [-0.39, 0.29) is 6.04 Å². The zero-order valence-electron chi connectivity index (χ0n) is 23.2. The van der Waals surface area contributed by atoms with E-state index in [1.807, 2.05) is 0 Å². The van der Waals surface area contributed by atoms with Gasteiger partial charge in [0.25, 0.3) is 0 Å². The Morgan fingerprint density at radius 3 is 2.31 bits per heavy atom. The summed E-state index contributed by atoms with van der Waals surface area (Å²) >= 11 is 0. The molecule has 0 radical (unpaired) electrons. The van der Waals surface area contributed by atoms with Crippen molar-refractivity contribution in [1.29, 1.82) is 0 Å². The van der Waals surface area contributed by atoms with Crippen LogP contribution in [0.5, 0.6) is 0 Å². The van der Waals surface area contributed by atoms with Crippen LogP contribution in [-0.2, 0) is 0 Å². The molecule has 0 bridgehead atoms. The van der Waals surface area contributed by atoms with Crippen LogP contribution in [0, 0.1) is 26.7 Å². The third-order valence-corrected chi connectivity index (χ3v) is 7.90. The first kappa shape index (κ1) is 24.9. The minimum atomic E-state index is 0.136. The van der Waals surface area contributed by atoms with E-state index in [0.29, 0.717) is 5.92 Å². The van der Waals surface area contributed by atoms with Gasteiger partial charge in [-0.1, -0.05) is 67.6 Å². The summed E-state index contributed by atoms with van der Waals surface area (Å²) in [6.45, 7) is 10.8. The highest BCUT2D eigenvalue weighted by molar-refractivity contribution is 6.03. The van der Waals surface area contributed by atoms with Gasteiger partial charge >= 0.3 is 0 Å². The minimum absolute atomic E-state index is 0.136. The fourth-order valence-electron chi connectivity index (χ4n) is 5.72. The first-order valence-electron chi connectivity index (χ1n) is 13.7. The van der Waals surface area contributed by atoms with Crippen LogP contribution < -0.4 is 10.7 Å². The lowest BCUT2D eigenvalue weighted by molar-refractivity contribution is 0.585. The molecule has 39 heavy (non-hydrogen) atoms.